The van der Waals surface area contributed by atoms with E-state index in [0.717, 1.165) is 16.4 Å². The Hall–Kier alpha value is -2.65. The van der Waals surface area contributed by atoms with Crippen LogP contribution in [0.4, 0.5) is 10.1 Å². The Morgan fingerprint density at radius 1 is 1.13 bits per heavy atom. The van der Waals surface area contributed by atoms with Crippen molar-refractivity contribution in [2.45, 2.75) is 17.7 Å². The lowest BCUT2D eigenvalue weighted by Crippen LogP contribution is -2.41. The van der Waals surface area contributed by atoms with Crippen LogP contribution in [0.2, 0.25) is 5.02 Å². The van der Waals surface area contributed by atoms with E-state index in [-0.39, 0.29) is 27.1 Å². The second kappa shape index (κ2) is 8.61. The van der Waals surface area contributed by atoms with Crippen LogP contribution in [-0.4, -0.2) is 45.3 Å². The number of piperidine rings is 1. The highest BCUT2D eigenvalue weighted by molar-refractivity contribution is 7.92. The molecule has 0 saturated carbocycles. The van der Waals surface area contributed by atoms with Crippen LogP contribution in [-0.2, 0) is 14.8 Å². The largest absolute Gasteiger partial charge is 0.369 e. The lowest BCUT2D eigenvalue weighted by Gasteiger charge is -2.31. The minimum Gasteiger partial charge on any atom is -0.369 e. The van der Waals surface area contributed by atoms with Gasteiger partial charge in [-0.05, 0) is 55.3 Å². The average Bonchev–Trinajstić information content (AvgIpc) is 2.73. The van der Waals surface area contributed by atoms with Gasteiger partial charge in [-0.25, -0.2) is 12.8 Å². The van der Waals surface area contributed by atoms with Gasteiger partial charge in [0.05, 0.1) is 21.2 Å². The molecule has 30 heavy (non-hydrogen) atoms. The van der Waals surface area contributed by atoms with Gasteiger partial charge in [0.1, 0.15) is 5.82 Å². The number of nitrogens with two attached hydrogens (primary N) is 1. The molecule has 2 aromatic rings. The van der Waals surface area contributed by atoms with Gasteiger partial charge in [-0.1, -0.05) is 11.6 Å². The van der Waals surface area contributed by atoms with Crippen molar-refractivity contribution in [2.24, 2.45) is 11.7 Å². The van der Waals surface area contributed by atoms with Crippen LogP contribution in [0.15, 0.2) is 47.4 Å². The van der Waals surface area contributed by atoms with Crippen molar-refractivity contribution in [2.75, 3.05) is 24.4 Å². The summed E-state index contributed by atoms with van der Waals surface area (Å²) in [5.74, 6) is -1.56. The maximum Gasteiger partial charge on any atom is 0.264 e. The van der Waals surface area contributed by atoms with E-state index in [1.807, 2.05) is 0 Å². The Morgan fingerprint density at radius 2 is 1.73 bits per heavy atom. The second-order valence-corrected chi connectivity index (χ2v) is 9.44. The van der Waals surface area contributed by atoms with Crippen molar-refractivity contribution in [3.63, 3.8) is 0 Å². The predicted molar refractivity (Wildman–Crippen MR) is 111 cm³/mol. The van der Waals surface area contributed by atoms with Crippen LogP contribution in [0.5, 0.6) is 0 Å². The van der Waals surface area contributed by atoms with Gasteiger partial charge in [0, 0.05) is 26.1 Å². The standard InChI is InChI=1S/C20H21ClFN3O4S/c1-24(15-4-2-14(22)3-5-15)30(28,29)16-6-7-18(21)17(12-16)20(27)25-10-8-13(9-11-25)19(23)26/h2-7,12-13H,8-11H2,1H3,(H2,23,26). The molecule has 160 valence electrons. The van der Waals surface area contributed by atoms with Crippen molar-refractivity contribution in [1.82, 2.24) is 4.90 Å². The van der Waals surface area contributed by atoms with E-state index in [9.17, 15) is 22.4 Å². The minimum atomic E-state index is -4.01. The number of anilines is 1. The lowest BCUT2D eigenvalue weighted by molar-refractivity contribution is -0.123. The molecule has 0 spiro atoms. The molecule has 0 bridgehead atoms. The van der Waals surface area contributed by atoms with Gasteiger partial charge >= 0.3 is 0 Å². The molecule has 0 aliphatic carbocycles. The Labute approximate surface area is 179 Å². The van der Waals surface area contributed by atoms with Crippen molar-refractivity contribution in [3.8, 4) is 0 Å². The summed E-state index contributed by atoms with van der Waals surface area (Å²) in [7, 11) is -2.67. The molecule has 3 rings (SSSR count). The number of benzene rings is 2. The van der Waals surface area contributed by atoms with Crippen LogP contribution in [0.25, 0.3) is 0 Å². The van der Waals surface area contributed by atoms with Crippen molar-refractivity contribution >= 4 is 39.1 Å². The summed E-state index contributed by atoms with van der Waals surface area (Å²) >= 11 is 6.18. The second-order valence-electron chi connectivity index (χ2n) is 7.06. The molecule has 1 aliphatic rings. The topological polar surface area (TPSA) is 101 Å². The number of rotatable bonds is 5. The molecule has 0 atom stereocenters. The molecule has 2 N–H and O–H groups in total. The first-order valence-corrected chi connectivity index (χ1v) is 11.1. The molecule has 1 heterocycles. The summed E-state index contributed by atoms with van der Waals surface area (Å²) in [6, 6.07) is 8.92. The molecule has 1 aliphatic heterocycles. The SMILES string of the molecule is CN(c1ccc(F)cc1)S(=O)(=O)c1ccc(Cl)c(C(=O)N2CCC(C(N)=O)CC2)c1. The third-order valence-corrected chi connectivity index (χ3v) is 7.31. The zero-order valence-electron chi connectivity index (χ0n) is 16.2. The zero-order valence-corrected chi connectivity index (χ0v) is 17.8. The molecule has 0 unspecified atom stereocenters. The molecule has 2 aromatic carbocycles. The maximum absolute atomic E-state index is 13.2. The summed E-state index contributed by atoms with van der Waals surface area (Å²) in [5, 5.41) is 0.125. The van der Waals surface area contributed by atoms with Crippen LogP contribution in [0, 0.1) is 11.7 Å². The fraction of sp³-hybridized carbons (Fsp3) is 0.300. The van der Waals surface area contributed by atoms with Crippen LogP contribution in [0.1, 0.15) is 23.2 Å². The van der Waals surface area contributed by atoms with Gasteiger partial charge in [-0.2, -0.15) is 0 Å². The Balaban J connectivity index is 1.86. The number of primary amides is 1. The van der Waals surface area contributed by atoms with Crippen LogP contribution >= 0.6 is 11.6 Å². The molecule has 10 heteroatoms. The number of hydrogen-bond donors (Lipinski definition) is 1. The normalized spacial score (nSPS) is 15.1. The third-order valence-electron chi connectivity index (χ3n) is 5.20. The highest BCUT2D eigenvalue weighted by Crippen LogP contribution is 2.28. The van der Waals surface area contributed by atoms with Gasteiger partial charge in [0.25, 0.3) is 15.9 Å². The van der Waals surface area contributed by atoms with Gasteiger partial charge in [-0.15, -0.1) is 0 Å². The summed E-state index contributed by atoms with van der Waals surface area (Å²) in [4.78, 5) is 25.7. The highest BCUT2D eigenvalue weighted by atomic mass is 35.5. The Bertz CT molecular complexity index is 1070. The third kappa shape index (κ3) is 4.41. The van der Waals surface area contributed by atoms with E-state index in [0.29, 0.717) is 25.9 Å². The molecular weight excluding hydrogens is 433 g/mol. The molecule has 7 nitrogen and oxygen atoms in total. The molecule has 2 amide bonds. The first kappa shape index (κ1) is 22.0. The van der Waals surface area contributed by atoms with Crippen molar-refractivity contribution in [1.29, 1.82) is 0 Å². The van der Waals surface area contributed by atoms with Gasteiger partial charge in [0.2, 0.25) is 5.91 Å². The van der Waals surface area contributed by atoms with Gasteiger partial charge < -0.3 is 10.6 Å². The van der Waals surface area contributed by atoms with Gasteiger partial charge in [0.15, 0.2) is 0 Å². The predicted octanol–water partition coefficient (Wildman–Crippen LogP) is 2.64. The van der Waals surface area contributed by atoms with E-state index < -0.39 is 27.7 Å². The van der Waals surface area contributed by atoms with E-state index in [4.69, 9.17) is 17.3 Å². The fourth-order valence-electron chi connectivity index (χ4n) is 3.31. The molecule has 0 radical (unpaired) electrons. The maximum atomic E-state index is 13.2. The van der Waals surface area contributed by atoms with E-state index in [1.165, 1.54) is 42.3 Å². The first-order chi connectivity index (χ1) is 14.1. The van der Waals surface area contributed by atoms with Crippen molar-refractivity contribution < 1.29 is 22.4 Å². The summed E-state index contributed by atoms with van der Waals surface area (Å²) in [6.45, 7) is 0.657. The Kier molecular flexibility index (Phi) is 6.33. The smallest absolute Gasteiger partial charge is 0.264 e. The zero-order chi connectivity index (χ0) is 22.1. The number of likely N-dealkylation sites (tertiary alicyclic amines) is 1. The van der Waals surface area contributed by atoms with E-state index in [2.05, 4.69) is 0 Å². The first-order valence-electron chi connectivity index (χ1n) is 9.24. The number of nitrogens with zero attached hydrogens (tertiary/aromatic N) is 2. The molecule has 1 fully saturated rings. The monoisotopic (exact) mass is 453 g/mol. The number of hydrogen-bond acceptors (Lipinski definition) is 4. The summed E-state index contributed by atoms with van der Waals surface area (Å²) < 4.78 is 40.2. The van der Waals surface area contributed by atoms with Crippen LogP contribution < -0.4 is 10.0 Å². The van der Waals surface area contributed by atoms with Crippen LogP contribution in [0.3, 0.4) is 0 Å². The van der Waals surface area contributed by atoms with Gasteiger partial charge in [-0.3, -0.25) is 13.9 Å². The summed E-state index contributed by atoms with van der Waals surface area (Å²) in [6.07, 6.45) is 0.897. The number of carbonyl (C=O) groups excluding carboxylic acids is 2. The lowest BCUT2D eigenvalue weighted by atomic mass is 9.96. The van der Waals surface area contributed by atoms with E-state index >= 15 is 0 Å². The quantitative estimate of drug-likeness (QED) is 0.751. The van der Waals surface area contributed by atoms with Crippen molar-refractivity contribution in [3.05, 3.63) is 58.9 Å². The molecule has 1 saturated heterocycles. The molecular formula is C20H21ClFN3O4S. The average molecular weight is 454 g/mol. The number of halogens is 2. The number of sulfonamides is 1. The van der Waals surface area contributed by atoms with E-state index in [1.54, 1.807) is 0 Å². The highest BCUT2D eigenvalue weighted by Gasteiger charge is 2.29. The Morgan fingerprint density at radius 3 is 2.30 bits per heavy atom. The molecule has 0 aromatic heterocycles. The summed E-state index contributed by atoms with van der Waals surface area (Å²) in [5.41, 5.74) is 5.65. The number of amides is 2. The minimum absolute atomic E-state index is 0.0581. The fourth-order valence-corrected chi connectivity index (χ4v) is 4.73. The number of carbonyl (C=O) groups is 2.